The third kappa shape index (κ3) is 3.19. The Kier molecular flexibility index (Phi) is 4.03. The Balaban J connectivity index is 1.63. The number of benzene rings is 2. The fourth-order valence-electron chi connectivity index (χ4n) is 2.04. The molecular weight excluding hydrogens is 332 g/mol. The van der Waals surface area contributed by atoms with E-state index >= 15 is 0 Å². The van der Waals surface area contributed by atoms with Crippen LogP contribution >= 0.6 is 27.3 Å². The number of aromatic nitrogens is 1. The molecule has 3 aromatic rings. The number of hydrogen-bond acceptors (Lipinski definition) is 3. The molecule has 4 heteroatoms. The number of anilines is 1. The summed E-state index contributed by atoms with van der Waals surface area (Å²) in [7, 11) is 0. The summed E-state index contributed by atoms with van der Waals surface area (Å²) in [6, 6.07) is 14.7. The fourth-order valence-corrected chi connectivity index (χ4v) is 3.34. The summed E-state index contributed by atoms with van der Waals surface area (Å²) in [5, 5.41) is 4.61. The zero-order valence-corrected chi connectivity index (χ0v) is 13.6. The van der Waals surface area contributed by atoms with Gasteiger partial charge in [-0.25, -0.2) is 4.98 Å². The molecule has 0 atom stereocenters. The Morgan fingerprint density at radius 3 is 2.75 bits per heavy atom. The molecule has 0 radical (unpaired) electrons. The van der Waals surface area contributed by atoms with Gasteiger partial charge in [0.25, 0.3) is 0 Å². The summed E-state index contributed by atoms with van der Waals surface area (Å²) in [6.07, 6.45) is 0.949. The zero-order valence-electron chi connectivity index (χ0n) is 11.2. The molecule has 20 heavy (non-hydrogen) atoms. The lowest BCUT2D eigenvalue weighted by molar-refractivity contribution is 1.00. The van der Waals surface area contributed by atoms with Gasteiger partial charge in [0.1, 0.15) is 0 Å². The van der Waals surface area contributed by atoms with Crippen LogP contribution in [0.3, 0.4) is 0 Å². The molecule has 0 aliphatic rings. The van der Waals surface area contributed by atoms with Crippen molar-refractivity contribution in [1.29, 1.82) is 0 Å². The third-order valence-corrected chi connectivity index (χ3v) is 4.70. The topological polar surface area (TPSA) is 24.9 Å². The number of aryl methyl sites for hydroxylation is 1. The van der Waals surface area contributed by atoms with Gasteiger partial charge in [0, 0.05) is 23.1 Å². The predicted octanol–water partition coefficient (Wildman–Crippen LogP) is 5.02. The van der Waals surface area contributed by atoms with Gasteiger partial charge < -0.3 is 5.32 Å². The second-order valence-electron chi connectivity index (χ2n) is 4.76. The first-order chi connectivity index (χ1) is 9.70. The third-order valence-electron chi connectivity index (χ3n) is 3.11. The Labute approximate surface area is 131 Å². The monoisotopic (exact) mass is 346 g/mol. The van der Waals surface area contributed by atoms with Crippen LogP contribution in [0.25, 0.3) is 10.2 Å². The van der Waals surface area contributed by atoms with Gasteiger partial charge in [-0.1, -0.05) is 33.6 Å². The van der Waals surface area contributed by atoms with Crippen molar-refractivity contribution in [2.45, 2.75) is 13.3 Å². The highest BCUT2D eigenvalue weighted by Gasteiger charge is 2.04. The minimum atomic E-state index is 0.907. The van der Waals surface area contributed by atoms with E-state index in [1.165, 1.54) is 21.0 Å². The molecule has 0 spiro atoms. The molecule has 0 saturated carbocycles. The van der Waals surface area contributed by atoms with Crippen molar-refractivity contribution in [2.75, 3.05) is 11.9 Å². The molecule has 2 nitrogen and oxygen atoms in total. The maximum Gasteiger partial charge on any atom is 0.0956 e. The Hall–Kier alpha value is -1.39. The van der Waals surface area contributed by atoms with Crippen LogP contribution in [0.4, 0.5) is 5.69 Å². The van der Waals surface area contributed by atoms with Crippen molar-refractivity contribution >= 4 is 43.2 Å². The van der Waals surface area contributed by atoms with E-state index in [1.807, 2.05) is 0 Å². The molecule has 0 aliphatic carbocycles. The second-order valence-corrected chi connectivity index (χ2v) is 6.79. The molecule has 0 saturated heterocycles. The molecule has 102 valence electrons. The van der Waals surface area contributed by atoms with Crippen LogP contribution < -0.4 is 5.32 Å². The van der Waals surface area contributed by atoms with E-state index in [0.29, 0.717) is 0 Å². The summed E-state index contributed by atoms with van der Waals surface area (Å²) in [6.45, 7) is 3.01. The quantitative estimate of drug-likeness (QED) is 0.717. The van der Waals surface area contributed by atoms with Crippen LogP contribution in [-0.2, 0) is 6.42 Å². The van der Waals surface area contributed by atoms with Crippen molar-refractivity contribution < 1.29 is 0 Å². The van der Waals surface area contributed by atoms with Crippen molar-refractivity contribution in [3.63, 3.8) is 0 Å². The van der Waals surface area contributed by atoms with Crippen LogP contribution in [0.2, 0.25) is 0 Å². The van der Waals surface area contributed by atoms with Gasteiger partial charge >= 0.3 is 0 Å². The van der Waals surface area contributed by atoms with E-state index in [1.54, 1.807) is 11.3 Å². The lowest BCUT2D eigenvalue weighted by Gasteiger charge is -2.04. The maximum atomic E-state index is 4.67. The summed E-state index contributed by atoms with van der Waals surface area (Å²) >= 11 is 5.25. The maximum absolute atomic E-state index is 4.67. The highest BCUT2D eigenvalue weighted by atomic mass is 79.9. The van der Waals surface area contributed by atoms with Crippen LogP contribution in [0.15, 0.2) is 46.9 Å². The minimum Gasteiger partial charge on any atom is -0.385 e. The van der Waals surface area contributed by atoms with Gasteiger partial charge in [-0.2, -0.15) is 0 Å². The molecule has 2 aromatic carbocycles. The average molecular weight is 347 g/mol. The Morgan fingerprint density at radius 2 is 1.95 bits per heavy atom. The molecule has 0 unspecified atom stereocenters. The number of halogens is 1. The predicted molar refractivity (Wildman–Crippen MR) is 90.7 cm³/mol. The van der Waals surface area contributed by atoms with Crippen LogP contribution in [0.5, 0.6) is 0 Å². The molecule has 3 rings (SSSR count). The van der Waals surface area contributed by atoms with Gasteiger partial charge in [-0.3, -0.25) is 0 Å². The number of rotatable bonds is 4. The number of nitrogens with zero attached hydrogens (tertiary/aromatic N) is 1. The summed E-state index contributed by atoms with van der Waals surface area (Å²) in [5.74, 6) is 0. The molecule has 0 amide bonds. The van der Waals surface area contributed by atoms with Gasteiger partial charge in [0.05, 0.1) is 15.2 Å². The van der Waals surface area contributed by atoms with E-state index in [2.05, 4.69) is 75.6 Å². The fraction of sp³-hybridized carbons (Fsp3) is 0.188. The first-order valence-corrected chi connectivity index (χ1v) is 8.17. The Morgan fingerprint density at radius 1 is 1.15 bits per heavy atom. The van der Waals surface area contributed by atoms with E-state index in [0.717, 1.165) is 23.0 Å². The smallest absolute Gasteiger partial charge is 0.0956 e. The SMILES string of the molecule is Cc1ccc(NCCc2nc3cc(Br)ccc3s2)cc1. The zero-order chi connectivity index (χ0) is 13.9. The van der Waals surface area contributed by atoms with Gasteiger partial charge in [-0.05, 0) is 37.3 Å². The first-order valence-electron chi connectivity index (χ1n) is 6.56. The van der Waals surface area contributed by atoms with Crippen molar-refractivity contribution in [1.82, 2.24) is 4.98 Å². The number of fused-ring (bicyclic) bond motifs is 1. The Bertz CT molecular complexity index is 719. The highest BCUT2D eigenvalue weighted by molar-refractivity contribution is 9.10. The summed E-state index contributed by atoms with van der Waals surface area (Å²) in [4.78, 5) is 4.67. The van der Waals surface area contributed by atoms with E-state index in [-0.39, 0.29) is 0 Å². The number of thiazole rings is 1. The molecule has 1 heterocycles. The summed E-state index contributed by atoms with van der Waals surface area (Å²) in [5.41, 5.74) is 3.53. The van der Waals surface area contributed by atoms with Crippen molar-refractivity contribution in [3.05, 3.63) is 57.5 Å². The lowest BCUT2D eigenvalue weighted by Crippen LogP contribution is -2.04. The second kappa shape index (κ2) is 5.94. The van der Waals surface area contributed by atoms with Gasteiger partial charge in [-0.15, -0.1) is 11.3 Å². The summed E-state index contributed by atoms with van der Waals surface area (Å²) < 4.78 is 2.33. The van der Waals surface area contributed by atoms with Crippen molar-refractivity contribution in [3.8, 4) is 0 Å². The molecule has 1 aromatic heterocycles. The average Bonchev–Trinajstić information content (AvgIpc) is 2.83. The van der Waals surface area contributed by atoms with Crippen LogP contribution in [-0.4, -0.2) is 11.5 Å². The number of hydrogen-bond donors (Lipinski definition) is 1. The van der Waals surface area contributed by atoms with E-state index in [9.17, 15) is 0 Å². The highest BCUT2D eigenvalue weighted by Crippen LogP contribution is 2.25. The minimum absolute atomic E-state index is 0.907. The van der Waals surface area contributed by atoms with E-state index < -0.39 is 0 Å². The van der Waals surface area contributed by atoms with Gasteiger partial charge in [0.15, 0.2) is 0 Å². The molecule has 0 aliphatic heterocycles. The lowest BCUT2D eigenvalue weighted by atomic mass is 10.2. The first kappa shape index (κ1) is 13.6. The number of nitrogens with one attached hydrogen (secondary N) is 1. The normalized spacial score (nSPS) is 10.9. The molecule has 1 N–H and O–H groups in total. The van der Waals surface area contributed by atoms with Crippen molar-refractivity contribution in [2.24, 2.45) is 0 Å². The van der Waals surface area contributed by atoms with Gasteiger partial charge in [0.2, 0.25) is 0 Å². The van der Waals surface area contributed by atoms with Crippen LogP contribution in [0.1, 0.15) is 10.6 Å². The van der Waals surface area contributed by atoms with E-state index in [4.69, 9.17) is 0 Å². The largest absolute Gasteiger partial charge is 0.385 e. The standard InChI is InChI=1S/C16H15BrN2S/c1-11-2-5-13(6-3-11)18-9-8-16-19-14-10-12(17)4-7-15(14)20-16/h2-7,10,18H,8-9H2,1H3. The molecule has 0 bridgehead atoms. The molecule has 0 fully saturated rings. The molecular formula is C16H15BrN2S. The van der Waals surface area contributed by atoms with Crippen LogP contribution in [0, 0.1) is 6.92 Å².